The largest absolute Gasteiger partial charge is 0.411 e. The molecule has 6 nitrogen and oxygen atoms in total. The minimum absolute atomic E-state index is 0.118. The maximum absolute atomic E-state index is 14.4. The van der Waals surface area contributed by atoms with E-state index < -0.39 is 63.3 Å². The van der Waals surface area contributed by atoms with Gasteiger partial charge in [0.2, 0.25) is 5.41 Å². The molecule has 12 heteroatoms. The van der Waals surface area contributed by atoms with Crippen LogP contribution >= 0.6 is 0 Å². The molecule has 3 rings (SSSR count). The Bertz CT molecular complexity index is 1160. The SMILES string of the molecule is CNC(=O)c1cc(C(c2ccc3c(c2)C(=O)N(C)C3=O)(C(F)(F)F)C(F)(F)F)ccc1C=O. The quantitative estimate of drug-likeness (QED) is 0.420. The number of aldehydes is 1. The maximum Gasteiger partial charge on any atom is 0.411 e. The second-order valence-corrected chi connectivity index (χ2v) is 7.17. The number of benzene rings is 2. The van der Waals surface area contributed by atoms with Crippen LogP contribution in [0.4, 0.5) is 26.3 Å². The Kier molecular flexibility index (Phi) is 5.60. The summed E-state index contributed by atoms with van der Waals surface area (Å²) in [6.45, 7) is 0. The van der Waals surface area contributed by atoms with Crippen LogP contribution < -0.4 is 5.32 Å². The van der Waals surface area contributed by atoms with Crippen LogP contribution in [-0.2, 0) is 5.41 Å². The Morgan fingerprint density at radius 3 is 1.91 bits per heavy atom. The number of rotatable bonds is 4. The molecule has 1 N–H and O–H groups in total. The summed E-state index contributed by atoms with van der Waals surface area (Å²) in [5.74, 6) is -3.01. The van der Waals surface area contributed by atoms with Gasteiger partial charge in [-0.1, -0.05) is 18.2 Å². The summed E-state index contributed by atoms with van der Waals surface area (Å²) in [5, 5.41) is 2.05. The molecule has 0 fully saturated rings. The summed E-state index contributed by atoms with van der Waals surface area (Å²) in [6.07, 6.45) is -11.9. The highest BCUT2D eigenvalue weighted by atomic mass is 19.4. The molecule has 1 heterocycles. The van der Waals surface area contributed by atoms with Gasteiger partial charge in [-0.25, -0.2) is 0 Å². The smallest absolute Gasteiger partial charge is 0.355 e. The third-order valence-corrected chi connectivity index (χ3v) is 5.46. The van der Waals surface area contributed by atoms with E-state index in [1.54, 1.807) is 0 Å². The van der Waals surface area contributed by atoms with E-state index in [2.05, 4.69) is 5.32 Å². The number of hydrogen-bond acceptors (Lipinski definition) is 4. The zero-order valence-electron chi connectivity index (χ0n) is 16.9. The monoisotopic (exact) mass is 472 g/mol. The highest BCUT2D eigenvalue weighted by Gasteiger charge is 2.72. The molecule has 2 aromatic rings. The van der Waals surface area contributed by atoms with Crippen LogP contribution in [0, 0.1) is 0 Å². The number of imide groups is 1. The molecular weight excluding hydrogens is 458 g/mol. The standard InChI is InChI=1S/C21H14F6N2O4/c1-28-16(31)14-7-11(4-3-10(14)9-30)19(20(22,23)24,21(25,26)27)12-5-6-13-15(8-12)18(33)29(2)17(13)32/h3-9H,1-2H3,(H,28,31). The average molecular weight is 472 g/mol. The van der Waals surface area contributed by atoms with Crippen LogP contribution in [0.5, 0.6) is 0 Å². The van der Waals surface area contributed by atoms with Gasteiger partial charge in [-0.15, -0.1) is 0 Å². The van der Waals surface area contributed by atoms with Gasteiger partial charge in [-0.05, 0) is 29.3 Å². The van der Waals surface area contributed by atoms with E-state index in [-0.39, 0.29) is 11.8 Å². The lowest BCUT2D eigenvalue weighted by atomic mass is 9.71. The van der Waals surface area contributed by atoms with Crippen LogP contribution in [0.1, 0.15) is 52.6 Å². The maximum atomic E-state index is 14.4. The summed E-state index contributed by atoms with van der Waals surface area (Å²) in [5.41, 5.74) is -9.52. The van der Waals surface area contributed by atoms with Crippen molar-refractivity contribution in [2.24, 2.45) is 0 Å². The predicted octanol–water partition coefficient (Wildman–Crippen LogP) is 3.50. The van der Waals surface area contributed by atoms with Crippen molar-refractivity contribution < 1.29 is 45.5 Å². The first kappa shape index (κ1) is 24.0. The van der Waals surface area contributed by atoms with Crippen LogP contribution in [0.3, 0.4) is 0 Å². The van der Waals surface area contributed by atoms with Gasteiger partial charge in [0.1, 0.15) is 0 Å². The molecule has 3 amide bonds. The molecule has 0 spiro atoms. The lowest BCUT2D eigenvalue weighted by Crippen LogP contribution is -2.55. The molecule has 0 aliphatic carbocycles. The number of nitrogens with one attached hydrogen (secondary N) is 1. The van der Waals surface area contributed by atoms with Crippen molar-refractivity contribution in [3.05, 3.63) is 69.8 Å². The Hall–Kier alpha value is -3.70. The van der Waals surface area contributed by atoms with Gasteiger partial charge in [0, 0.05) is 19.7 Å². The first-order chi connectivity index (χ1) is 15.2. The number of carbonyl (C=O) groups is 4. The summed E-state index contributed by atoms with van der Waals surface area (Å²) in [7, 11) is 2.13. The zero-order valence-corrected chi connectivity index (χ0v) is 16.9. The van der Waals surface area contributed by atoms with Crippen molar-refractivity contribution in [3.8, 4) is 0 Å². The number of amides is 3. The minimum atomic E-state index is -6.00. The second kappa shape index (κ2) is 7.71. The molecule has 0 unspecified atom stereocenters. The lowest BCUT2D eigenvalue weighted by Gasteiger charge is -2.38. The van der Waals surface area contributed by atoms with Crippen molar-refractivity contribution >= 4 is 24.0 Å². The molecule has 1 aliphatic rings. The molecule has 2 aromatic carbocycles. The molecule has 33 heavy (non-hydrogen) atoms. The molecule has 0 atom stereocenters. The van der Waals surface area contributed by atoms with Crippen molar-refractivity contribution in [2.45, 2.75) is 17.8 Å². The van der Waals surface area contributed by atoms with E-state index in [9.17, 15) is 45.5 Å². The second-order valence-electron chi connectivity index (χ2n) is 7.17. The van der Waals surface area contributed by atoms with Crippen LogP contribution in [-0.4, -0.2) is 55.4 Å². The molecule has 1 aliphatic heterocycles. The normalized spacial score (nSPS) is 14.4. The predicted molar refractivity (Wildman–Crippen MR) is 101 cm³/mol. The van der Waals surface area contributed by atoms with Gasteiger partial charge in [-0.2, -0.15) is 26.3 Å². The zero-order chi connectivity index (χ0) is 24.9. The van der Waals surface area contributed by atoms with E-state index in [0.717, 1.165) is 20.2 Å². The van der Waals surface area contributed by atoms with E-state index >= 15 is 0 Å². The fraction of sp³-hybridized carbons (Fsp3) is 0.238. The highest BCUT2D eigenvalue weighted by Crippen LogP contribution is 2.56. The van der Waals surface area contributed by atoms with E-state index in [1.807, 2.05) is 0 Å². The molecular formula is C21H14F6N2O4. The first-order valence-corrected chi connectivity index (χ1v) is 9.14. The minimum Gasteiger partial charge on any atom is -0.355 e. The lowest BCUT2D eigenvalue weighted by molar-refractivity contribution is -0.288. The van der Waals surface area contributed by atoms with Crippen LogP contribution in [0.25, 0.3) is 0 Å². The number of nitrogens with zero attached hydrogens (tertiary/aromatic N) is 1. The summed E-state index contributed by atoms with van der Waals surface area (Å²) in [4.78, 5) is 48.1. The van der Waals surface area contributed by atoms with Crippen molar-refractivity contribution in [1.82, 2.24) is 10.2 Å². The van der Waals surface area contributed by atoms with Gasteiger partial charge in [0.25, 0.3) is 17.7 Å². The molecule has 174 valence electrons. The van der Waals surface area contributed by atoms with Gasteiger partial charge in [0.05, 0.1) is 16.7 Å². The molecule has 0 saturated carbocycles. The van der Waals surface area contributed by atoms with Crippen LogP contribution in [0.2, 0.25) is 0 Å². The third-order valence-electron chi connectivity index (χ3n) is 5.46. The molecule has 0 radical (unpaired) electrons. The number of fused-ring (bicyclic) bond motifs is 1. The van der Waals surface area contributed by atoms with Crippen molar-refractivity contribution in [1.29, 1.82) is 0 Å². The highest BCUT2D eigenvalue weighted by molar-refractivity contribution is 6.21. The Morgan fingerprint density at radius 1 is 0.879 bits per heavy atom. The summed E-state index contributed by atoms with van der Waals surface area (Å²) >= 11 is 0. The molecule has 0 saturated heterocycles. The van der Waals surface area contributed by atoms with Crippen LogP contribution in [0.15, 0.2) is 36.4 Å². The average Bonchev–Trinajstić information content (AvgIpc) is 2.95. The summed E-state index contributed by atoms with van der Waals surface area (Å²) < 4.78 is 86.3. The fourth-order valence-electron chi connectivity index (χ4n) is 3.80. The van der Waals surface area contributed by atoms with E-state index in [0.29, 0.717) is 35.2 Å². The number of carbonyl (C=O) groups excluding carboxylic acids is 4. The number of hydrogen-bond donors (Lipinski definition) is 1. The Labute approximate surface area is 182 Å². The Morgan fingerprint density at radius 2 is 1.39 bits per heavy atom. The topological polar surface area (TPSA) is 83.6 Å². The van der Waals surface area contributed by atoms with Gasteiger partial charge >= 0.3 is 12.4 Å². The summed E-state index contributed by atoms with van der Waals surface area (Å²) in [6, 6.07) is 3.04. The first-order valence-electron chi connectivity index (χ1n) is 9.14. The Balaban J connectivity index is 2.43. The number of halogens is 6. The molecule has 0 aromatic heterocycles. The van der Waals surface area contributed by atoms with Crippen molar-refractivity contribution in [2.75, 3.05) is 14.1 Å². The van der Waals surface area contributed by atoms with E-state index in [4.69, 9.17) is 0 Å². The number of alkyl halides is 6. The van der Waals surface area contributed by atoms with Crippen molar-refractivity contribution in [3.63, 3.8) is 0 Å². The van der Waals surface area contributed by atoms with Gasteiger partial charge < -0.3 is 5.32 Å². The fourth-order valence-corrected chi connectivity index (χ4v) is 3.80. The molecule has 0 bridgehead atoms. The van der Waals surface area contributed by atoms with Gasteiger partial charge in [-0.3, -0.25) is 24.1 Å². The van der Waals surface area contributed by atoms with E-state index in [1.165, 1.54) is 0 Å². The van der Waals surface area contributed by atoms with Gasteiger partial charge in [0.15, 0.2) is 6.29 Å². The third kappa shape index (κ3) is 3.36.